The first-order chi connectivity index (χ1) is 16.8. The van der Waals surface area contributed by atoms with Crippen molar-refractivity contribution in [2.45, 2.75) is 13.3 Å². The van der Waals surface area contributed by atoms with Gasteiger partial charge in [-0.05, 0) is 60.8 Å². The number of imide groups is 1. The van der Waals surface area contributed by atoms with Crippen LogP contribution >= 0.6 is 11.6 Å². The van der Waals surface area contributed by atoms with Crippen LogP contribution in [0.3, 0.4) is 0 Å². The molecule has 0 N–H and O–H groups in total. The smallest absolute Gasteiger partial charge is 0.282 e. The summed E-state index contributed by atoms with van der Waals surface area (Å²) in [7, 11) is 0. The fraction of sp³-hybridized carbons (Fsp3) is 0.346. The zero-order valence-electron chi connectivity index (χ0n) is 18.8. The minimum atomic E-state index is -0.679. The topological polar surface area (TPSA) is 101 Å². The van der Waals surface area contributed by atoms with Gasteiger partial charge in [-0.25, -0.2) is 0 Å². The predicted octanol–water partition coefficient (Wildman–Crippen LogP) is 4.21. The molecule has 8 nitrogen and oxygen atoms in total. The molecule has 35 heavy (non-hydrogen) atoms. The summed E-state index contributed by atoms with van der Waals surface area (Å²) in [4.78, 5) is 54.3. The lowest BCUT2D eigenvalue weighted by molar-refractivity contribution is -0.385. The van der Waals surface area contributed by atoms with Crippen molar-refractivity contribution >= 4 is 40.7 Å². The van der Waals surface area contributed by atoms with E-state index in [4.69, 9.17) is 11.6 Å². The fourth-order valence-corrected chi connectivity index (χ4v) is 6.55. The minimum Gasteiger partial charge on any atom is -0.289 e. The van der Waals surface area contributed by atoms with Gasteiger partial charge in [0.2, 0.25) is 11.8 Å². The second-order valence-electron chi connectivity index (χ2n) is 9.84. The number of nitro benzene ring substituents is 1. The summed E-state index contributed by atoms with van der Waals surface area (Å²) in [5.74, 6) is -0.982. The molecule has 2 bridgehead atoms. The summed E-state index contributed by atoms with van der Waals surface area (Å²) >= 11 is 6.23. The number of halogens is 1. The van der Waals surface area contributed by atoms with Crippen molar-refractivity contribution in [2.75, 3.05) is 11.6 Å². The summed E-state index contributed by atoms with van der Waals surface area (Å²) in [6.07, 6.45) is 5.23. The highest BCUT2D eigenvalue weighted by Gasteiger charge is 2.67. The lowest BCUT2D eigenvalue weighted by Crippen LogP contribution is -2.45. The van der Waals surface area contributed by atoms with Crippen LogP contribution in [0.25, 0.3) is 0 Å². The maximum absolute atomic E-state index is 13.8. The molecule has 6 unspecified atom stereocenters. The van der Waals surface area contributed by atoms with Crippen LogP contribution in [0.15, 0.2) is 54.6 Å². The van der Waals surface area contributed by atoms with Gasteiger partial charge in [-0.3, -0.25) is 34.3 Å². The lowest BCUT2D eigenvalue weighted by atomic mass is 9.63. The molecule has 3 amide bonds. The van der Waals surface area contributed by atoms with Gasteiger partial charge in [-0.1, -0.05) is 42.0 Å². The van der Waals surface area contributed by atoms with Gasteiger partial charge in [0.1, 0.15) is 12.2 Å². The minimum absolute atomic E-state index is 0.0590. The summed E-state index contributed by atoms with van der Waals surface area (Å²) in [6, 6.07) is 10.6. The van der Waals surface area contributed by atoms with Gasteiger partial charge in [-0.15, -0.1) is 0 Å². The number of nitrogens with zero attached hydrogens (tertiary/aromatic N) is 3. The molecular weight excluding hydrogens is 470 g/mol. The van der Waals surface area contributed by atoms with Gasteiger partial charge in [0.25, 0.3) is 11.6 Å². The van der Waals surface area contributed by atoms with Gasteiger partial charge in [0.05, 0.1) is 22.4 Å². The standard InChI is InChI=1S/C26H22ClN3O5/c1-13-6-7-14(27)10-21(13)28(24(31)17-4-2-3-5-20(17)30(34)35)12-29-25(32)22-15-8-9-16(19-11-18(15)19)23(22)26(29)33/h2-10,15-16,18-19,22-23H,11-12H2,1H3. The van der Waals surface area contributed by atoms with Crippen molar-refractivity contribution in [2.24, 2.45) is 35.5 Å². The van der Waals surface area contributed by atoms with Crippen LogP contribution in [0.5, 0.6) is 0 Å². The molecule has 1 aliphatic heterocycles. The Kier molecular flexibility index (Phi) is 4.86. The Labute approximate surface area is 206 Å². The van der Waals surface area contributed by atoms with Crippen molar-refractivity contribution in [3.8, 4) is 0 Å². The van der Waals surface area contributed by atoms with Crippen LogP contribution < -0.4 is 4.90 Å². The number of hydrogen-bond donors (Lipinski definition) is 0. The highest BCUT2D eigenvalue weighted by molar-refractivity contribution is 6.31. The zero-order chi connectivity index (χ0) is 24.6. The maximum Gasteiger partial charge on any atom is 0.282 e. The number of allylic oxidation sites excluding steroid dienone is 2. The first-order valence-electron chi connectivity index (χ1n) is 11.6. The SMILES string of the molecule is Cc1ccc(Cl)cc1N(CN1C(=O)C2C3C=CC(C4CC34)C2C1=O)C(=O)c1ccccc1[N+](=O)[O-]. The summed E-state index contributed by atoms with van der Waals surface area (Å²) in [6.45, 7) is 1.45. The normalized spacial score (nSPS) is 29.7. The summed E-state index contributed by atoms with van der Waals surface area (Å²) in [5.41, 5.74) is 0.592. The molecule has 2 aromatic carbocycles. The number of carbonyl (C=O) groups is 3. The molecule has 178 valence electrons. The van der Waals surface area contributed by atoms with Gasteiger partial charge in [0.15, 0.2) is 0 Å². The Morgan fingerprint density at radius 1 is 1.09 bits per heavy atom. The molecule has 7 rings (SSSR count). The van der Waals surface area contributed by atoms with E-state index >= 15 is 0 Å². The van der Waals surface area contributed by atoms with Gasteiger partial charge < -0.3 is 0 Å². The Morgan fingerprint density at radius 3 is 2.34 bits per heavy atom. The Morgan fingerprint density at radius 2 is 1.71 bits per heavy atom. The largest absolute Gasteiger partial charge is 0.289 e. The number of amides is 3. The third kappa shape index (κ3) is 3.23. The lowest BCUT2D eigenvalue weighted by Gasteiger charge is -2.37. The van der Waals surface area contributed by atoms with Crippen LogP contribution in [-0.4, -0.2) is 34.2 Å². The van der Waals surface area contributed by atoms with Crippen molar-refractivity contribution in [1.29, 1.82) is 0 Å². The van der Waals surface area contributed by atoms with E-state index in [9.17, 15) is 24.5 Å². The Bertz CT molecular complexity index is 1300. The van der Waals surface area contributed by atoms with Crippen LogP contribution in [0.4, 0.5) is 11.4 Å². The number of anilines is 1. The first kappa shape index (κ1) is 22.0. The van der Waals surface area contributed by atoms with Crippen molar-refractivity contribution < 1.29 is 19.3 Å². The molecule has 3 fully saturated rings. The van der Waals surface area contributed by atoms with Gasteiger partial charge in [0, 0.05) is 11.1 Å². The molecule has 9 heteroatoms. The number of para-hydroxylation sites is 1. The van der Waals surface area contributed by atoms with E-state index in [0.717, 1.165) is 6.42 Å². The number of aryl methyl sites for hydroxylation is 1. The summed E-state index contributed by atoms with van der Waals surface area (Å²) in [5, 5.41) is 12.0. The highest BCUT2D eigenvalue weighted by atomic mass is 35.5. The van der Waals surface area contributed by atoms with Gasteiger partial charge in [-0.2, -0.15) is 0 Å². The first-order valence-corrected chi connectivity index (χ1v) is 12.0. The summed E-state index contributed by atoms with van der Waals surface area (Å²) < 4.78 is 0. The van der Waals surface area contributed by atoms with Crippen LogP contribution in [0.1, 0.15) is 22.3 Å². The Hall–Kier alpha value is -3.52. The van der Waals surface area contributed by atoms with E-state index in [-0.39, 0.29) is 41.6 Å². The van der Waals surface area contributed by atoms with E-state index in [1.165, 1.54) is 28.0 Å². The molecule has 5 aliphatic rings. The van der Waals surface area contributed by atoms with Gasteiger partial charge >= 0.3 is 0 Å². The second-order valence-corrected chi connectivity index (χ2v) is 10.3. The van der Waals surface area contributed by atoms with Crippen molar-refractivity contribution in [1.82, 2.24) is 4.90 Å². The fourth-order valence-electron chi connectivity index (χ4n) is 6.38. The third-order valence-electron chi connectivity index (χ3n) is 8.08. The second kappa shape index (κ2) is 7.75. The Balaban J connectivity index is 1.40. The molecule has 1 saturated heterocycles. The number of carbonyl (C=O) groups excluding carboxylic acids is 3. The van der Waals surface area contributed by atoms with Crippen LogP contribution in [0, 0.1) is 52.5 Å². The molecule has 2 saturated carbocycles. The van der Waals surface area contributed by atoms with E-state index < -0.39 is 22.7 Å². The van der Waals surface area contributed by atoms with Crippen LogP contribution in [-0.2, 0) is 9.59 Å². The number of likely N-dealkylation sites (tertiary alicyclic amines) is 1. The molecule has 0 spiro atoms. The molecular formula is C26H22ClN3O5. The molecule has 0 aromatic heterocycles. The average Bonchev–Trinajstić information content (AvgIpc) is 3.64. The molecule has 1 heterocycles. The number of benzene rings is 2. The van der Waals surface area contributed by atoms with Crippen molar-refractivity contribution in [3.63, 3.8) is 0 Å². The van der Waals surface area contributed by atoms with E-state index in [1.807, 2.05) is 0 Å². The number of hydrogen-bond acceptors (Lipinski definition) is 5. The molecule has 0 radical (unpaired) electrons. The van der Waals surface area contributed by atoms with Crippen LogP contribution in [0.2, 0.25) is 5.02 Å². The quantitative estimate of drug-likeness (QED) is 0.270. The van der Waals surface area contributed by atoms with E-state index in [1.54, 1.807) is 31.2 Å². The maximum atomic E-state index is 13.8. The monoisotopic (exact) mass is 491 g/mol. The number of rotatable bonds is 5. The molecule has 4 aliphatic carbocycles. The molecule has 2 aromatic rings. The van der Waals surface area contributed by atoms with Crippen molar-refractivity contribution in [3.05, 3.63) is 80.9 Å². The zero-order valence-corrected chi connectivity index (χ0v) is 19.6. The van der Waals surface area contributed by atoms with E-state index in [0.29, 0.717) is 28.1 Å². The average molecular weight is 492 g/mol. The highest BCUT2D eigenvalue weighted by Crippen LogP contribution is 2.65. The molecule has 6 atom stereocenters. The van der Waals surface area contributed by atoms with E-state index in [2.05, 4.69) is 12.2 Å². The predicted molar refractivity (Wildman–Crippen MR) is 128 cm³/mol. The third-order valence-corrected chi connectivity index (χ3v) is 8.31. The number of nitro groups is 1.